The van der Waals surface area contributed by atoms with E-state index in [2.05, 4.69) is 45.4 Å². The highest BCUT2D eigenvalue weighted by atomic mass is 79.9. The zero-order chi connectivity index (χ0) is 16.8. The number of halogens is 1. The molecule has 0 spiro atoms. The number of carbonyl (C=O) groups excluding carboxylic acids is 1. The number of benzene rings is 1. The zero-order valence-corrected chi connectivity index (χ0v) is 15.3. The molecule has 2 N–H and O–H groups in total. The number of carbonyl (C=O) groups is 1. The molecule has 0 atom stereocenters. The maximum Gasteiger partial charge on any atom is 0.255 e. The third-order valence-corrected chi connectivity index (χ3v) is 3.98. The van der Waals surface area contributed by atoms with Crippen LogP contribution in [-0.4, -0.2) is 17.4 Å². The van der Waals surface area contributed by atoms with Gasteiger partial charge < -0.3 is 10.6 Å². The van der Waals surface area contributed by atoms with Gasteiger partial charge >= 0.3 is 0 Å². The van der Waals surface area contributed by atoms with Crippen LogP contribution in [0, 0.1) is 12.8 Å². The van der Waals surface area contributed by atoms with Gasteiger partial charge in [-0.15, -0.1) is 0 Å². The highest BCUT2D eigenvalue weighted by molar-refractivity contribution is 9.10. The third-order valence-electron chi connectivity index (χ3n) is 3.49. The van der Waals surface area contributed by atoms with Crippen molar-refractivity contribution in [3.8, 4) is 0 Å². The minimum Gasteiger partial charge on any atom is -0.370 e. The molecular formula is C18H22BrN3O. The molecule has 0 saturated heterocycles. The third kappa shape index (κ3) is 5.36. The summed E-state index contributed by atoms with van der Waals surface area (Å²) in [4.78, 5) is 16.7. The lowest BCUT2D eigenvalue weighted by molar-refractivity contribution is 0.102. The fourth-order valence-corrected chi connectivity index (χ4v) is 2.59. The molecule has 0 aliphatic carbocycles. The SMILES string of the molecule is Cc1cc(Br)ccc1NC(=O)c1ccnc(NCCC(C)C)c1. The Hall–Kier alpha value is -1.88. The first-order chi connectivity index (χ1) is 11.0. The summed E-state index contributed by atoms with van der Waals surface area (Å²) in [6.07, 6.45) is 2.72. The summed E-state index contributed by atoms with van der Waals surface area (Å²) in [5.74, 6) is 1.23. The maximum absolute atomic E-state index is 12.4. The molecule has 1 heterocycles. The van der Waals surface area contributed by atoms with Gasteiger partial charge in [0.2, 0.25) is 0 Å². The van der Waals surface area contributed by atoms with Gasteiger partial charge in [0.15, 0.2) is 0 Å². The summed E-state index contributed by atoms with van der Waals surface area (Å²) >= 11 is 3.42. The van der Waals surface area contributed by atoms with Crippen LogP contribution in [0.25, 0.3) is 0 Å². The molecule has 1 aromatic carbocycles. The van der Waals surface area contributed by atoms with Crippen molar-refractivity contribution in [2.45, 2.75) is 27.2 Å². The molecule has 2 rings (SSSR count). The monoisotopic (exact) mass is 375 g/mol. The first kappa shape index (κ1) is 17.5. The van der Waals surface area contributed by atoms with Crippen LogP contribution in [-0.2, 0) is 0 Å². The van der Waals surface area contributed by atoms with E-state index < -0.39 is 0 Å². The maximum atomic E-state index is 12.4. The number of amides is 1. The largest absolute Gasteiger partial charge is 0.370 e. The highest BCUT2D eigenvalue weighted by Crippen LogP contribution is 2.21. The molecule has 0 aliphatic rings. The van der Waals surface area contributed by atoms with E-state index in [9.17, 15) is 4.79 Å². The van der Waals surface area contributed by atoms with Crippen molar-refractivity contribution in [1.29, 1.82) is 0 Å². The number of hydrogen-bond acceptors (Lipinski definition) is 3. The fourth-order valence-electron chi connectivity index (χ4n) is 2.12. The van der Waals surface area contributed by atoms with Crippen molar-refractivity contribution in [3.05, 3.63) is 52.1 Å². The van der Waals surface area contributed by atoms with Crippen LogP contribution in [0.2, 0.25) is 0 Å². The minimum absolute atomic E-state index is 0.135. The van der Waals surface area contributed by atoms with Crippen molar-refractivity contribution < 1.29 is 4.79 Å². The van der Waals surface area contributed by atoms with Gasteiger partial charge in [-0.2, -0.15) is 0 Å². The van der Waals surface area contributed by atoms with Gasteiger partial charge in [0.25, 0.3) is 5.91 Å². The Morgan fingerprint density at radius 2 is 2.04 bits per heavy atom. The summed E-state index contributed by atoms with van der Waals surface area (Å²) in [5.41, 5.74) is 2.41. The Morgan fingerprint density at radius 1 is 1.26 bits per heavy atom. The van der Waals surface area contributed by atoms with Crippen molar-refractivity contribution in [1.82, 2.24) is 4.98 Å². The number of anilines is 2. The van der Waals surface area contributed by atoms with E-state index in [-0.39, 0.29) is 5.91 Å². The average Bonchev–Trinajstić information content (AvgIpc) is 2.50. The van der Waals surface area contributed by atoms with Gasteiger partial charge in [-0.3, -0.25) is 4.79 Å². The van der Waals surface area contributed by atoms with E-state index in [1.54, 1.807) is 18.3 Å². The molecule has 0 saturated carbocycles. The van der Waals surface area contributed by atoms with Crippen LogP contribution in [0.3, 0.4) is 0 Å². The number of aryl methyl sites for hydroxylation is 1. The molecule has 2 aromatic rings. The summed E-state index contributed by atoms with van der Waals surface area (Å²) in [5, 5.41) is 6.20. The van der Waals surface area contributed by atoms with E-state index in [1.807, 2.05) is 25.1 Å². The molecule has 0 fully saturated rings. The number of hydrogen-bond donors (Lipinski definition) is 2. The lowest BCUT2D eigenvalue weighted by Gasteiger charge is -2.11. The van der Waals surface area contributed by atoms with Gasteiger partial charge in [0.05, 0.1) is 0 Å². The molecule has 0 bridgehead atoms. The molecule has 1 amide bonds. The average molecular weight is 376 g/mol. The zero-order valence-electron chi connectivity index (χ0n) is 13.7. The number of rotatable bonds is 6. The van der Waals surface area contributed by atoms with Crippen LogP contribution < -0.4 is 10.6 Å². The van der Waals surface area contributed by atoms with Gasteiger partial charge in [-0.1, -0.05) is 29.8 Å². The van der Waals surface area contributed by atoms with Crippen LogP contribution >= 0.6 is 15.9 Å². The van der Waals surface area contributed by atoms with Crippen molar-refractivity contribution >= 4 is 33.3 Å². The van der Waals surface area contributed by atoms with Crippen molar-refractivity contribution in [3.63, 3.8) is 0 Å². The Balaban J connectivity index is 2.04. The van der Waals surface area contributed by atoms with Gasteiger partial charge in [-0.05, 0) is 55.2 Å². The first-order valence-corrected chi connectivity index (χ1v) is 8.52. The molecule has 1 aromatic heterocycles. The smallest absolute Gasteiger partial charge is 0.255 e. The highest BCUT2D eigenvalue weighted by Gasteiger charge is 2.09. The number of nitrogens with one attached hydrogen (secondary N) is 2. The van der Waals surface area contributed by atoms with E-state index in [4.69, 9.17) is 0 Å². The van der Waals surface area contributed by atoms with Crippen molar-refractivity contribution in [2.75, 3.05) is 17.2 Å². The Kier molecular flexibility index (Phi) is 6.16. The molecule has 4 nitrogen and oxygen atoms in total. The van der Waals surface area contributed by atoms with E-state index in [0.29, 0.717) is 11.5 Å². The Bertz CT molecular complexity index is 686. The van der Waals surface area contributed by atoms with Crippen LogP contribution in [0.4, 0.5) is 11.5 Å². The van der Waals surface area contributed by atoms with Crippen LogP contribution in [0.5, 0.6) is 0 Å². The van der Waals surface area contributed by atoms with E-state index in [1.165, 1.54) is 0 Å². The first-order valence-electron chi connectivity index (χ1n) is 7.73. The van der Waals surface area contributed by atoms with Crippen LogP contribution in [0.1, 0.15) is 36.2 Å². The second-order valence-electron chi connectivity index (χ2n) is 5.95. The van der Waals surface area contributed by atoms with Crippen molar-refractivity contribution in [2.24, 2.45) is 5.92 Å². The topological polar surface area (TPSA) is 54.0 Å². The predicted octanol–water partition coefficient (Wildman–Crippen LogP) is 4.86. The van der Waals surface area contributed by atoms with Gasteiger partial charge in [-0.25, -0.2) is 4.98 Å². The molecular weight excluding hydrogens is 354 g/mol. The lowest BCUT2D eigenvalue weighted by Crippen LogP contribution is -2.14. The fraction of sp³-hybridized carbons (Fsp3) is 0.333. The summed E-state index contributed by atoms with van der Waals surface area (Å²) in [6, 6.07) is 9.27. The predicted molar refractivity (Wildman–Crippen MR) is 99.0 cm³/mol. The number of aromatic nitrogens is 1. The molecule has 5 heteroatoms. The normalized spacial score (nSPS) is 10.7. The van der Waals surface area contributed by atoms with E-state index >= 15 is 0 Å². The van der Waals surface area contributed by atoms with E-state index in [0.717, 1.165) is 34.5 Å². The summed E-state index contributed by atoms with van der Waals surface area (Å²) < 4.78 is 0.994. The number of pyridine rings is 1. The second kappa shape index (κ2) is 8.11. The van der Waals surface area contributed by atoms with Crippen LogP contribution in [0.15, 0.2) is 41.0 Å². The Morgan fingerprint density at radius 3 is 2.74 bits per heavy atom. The standard InChI is InChI=1S/C18H22BrN3O/c1-12(2)6-8-20-17-11-14(7-9-21-17)18(23)22-16-5-4-15(19)10-13(16)3/h4-5,7,9-12H,6,8H2,1-3H3,(H,20,21)(H,22,23). The Labute approximate surface area is 145 Å². The van der Waals surface area contributed by atoms with Gasteiger partial charge in [0, 0.05) is 28.5 Å². The molecule has 122 valence electrons. The quantitative estimate of drug-likeness (QED) is 0.757. The summed E-state index contributed by atoms with van der Waals surface area (Å²) in [6.45, 7) is 7.17. The lowest BCUT2D eigenvalue weighted by atomic mass is 10.1. The molecule has 0 unspecified atom stereocenters. The molecule has 23 heavy (non-hydrogen) atoms. The molecule has 0 radical (unpaired) electrons. The van der Waals surface area contributed by atoms with Gasteiger partial charge in [0.1, 0.15) is 5.82 Å². The number of nitrogens with zero attached hydrogens (tertiary/aromatic N) is 1. The minimum atomic E-state index is -0.135. The molecule has 0 aliphatic heterocycles. The summed E-state index contributed by atoms with van der Waals surface area (Å²) in [7, 11) is 0. The second-order valence-corrected chi connectivity index (χ2v) is 6.87.